The summed E-state index contributed by atoms with van der Waals surface area (Å²) in [5.74, 6) is 3.13. The summed E-state index contributed by atoms with van der Waals surface area (Å²) < 4.78 is 18.3. The number of carbonyl (C=O) groups is 1. The maximum absolute atomic E-state index is 12.9. The number of benzene rings is 2. The van der Waals surface area contributed by atoms with E-state index in [1.54, 1.807) is 32.4 Å². The number of hydrogen-bond donors (Lipinski definition) is 0. The zero-order chi connectivity index (χ0) is 23.9. The first-order chi connectivity index (χ1) is 16.6. The van der Waals surface area contributed by atoms with Crippen LogP contribution in [-0.4, -0.2) is 52.6 Å². The Balaban J connectivity index is 1.51. The van der Waals surface area contributed by atoms with Gasteiger partial charge < -0.3 is 18.8 Å². The second kappa shape index (κ2) is 10.9. The first-order valence-electron chi connectivity index (χ1n) is 10.7. The van der Waals surface area contributed by atoms with Gasteiger partial charge in [-0.1, -0.05) is 42.1 Å². The van der Waals surface area contributed by atoms with Crippen molar-refractivity contribution in [2.24, 2.45) is 0 Å². The molecule has 2 aromatic heterocycles. The van der Waals surface area contributed by atoms with Crippen LogP contribution >= 0.6 is 11.8 Å². The van der Waals surface area contributed by atoms with E-state index in [1.165, 1.54) is 11.8 Å². The molecule has 176 valence electrons. The molecule has 0 bridgehead atoms. The molecule has 0 radical (unpaired) electrons. The average molecular weight is 479 g/mol. The number of aromatic nitrogens is 3. The van der Waals surface area contributed by atoms with Gasteiger partial charge in [0.1, 0.15) is 17.3 Å². The number of ether oxygens (including phenoxy) is 2. The van der Waals surface area contributed by atoms with E-state index in [1.807, 2.05) is 65.2 Å². The molecule has 2 aromatic carbocycles. The molecule has 8 nitrogen and oxygen atoms in total. The maximum atomic E-state index is 12.9. The van der Waals surface area contributed by atoms with Crippen molar-refractivity contribution >= 4 is 17.7 Å². The molecule has 4 aromatic rings. The number of amides is 1. The molecular weight excluding hydrogens is 452 g/mol. The fourth-order valence-electron chi connectivity index (χ4n) is 3.49. The molecule has 2 heterocycles. The average Bonchev–Trinajstić information content (AvgIpc) is 3.53. The van der Waals surface area contributed by atoms with Gasteiger partial charge in [0.05, 0.1) is 32.8 Å². The number of methoxy groups -OCH3 is 2. The monoisotopic (exact) mass is 478 g/mol. The maximum Gasteiger partial charge on any atom is 0.233 e. The highest BCUT2D eigenvalue weighted by molar-refractivity contribution is 7.99. The zero-order valence-corrected chi connectivity index (χ0v) is 20.1. The molecule has 0 saturated heterocycles. The van der Waals surface area contributed by atoms with Crippen LogP contribution in [-0.2, 0) is 17.9 Å². The third-order valence-corrected chi connectivity index (χ3v) is 6.24. The van der Waals surface area contributed by atoms with Crippen LogP contribution < -0.4 is 9.47 Å². The minimum atomic E-state index is -0.0219. The lowest BCUT2D eigenvalue weighted by molar-refractivity contribution is -0.127. The smallest absolute Gasteiger partial charge is 0.233 e. The summed E-state index contributed by atoms with van der Waals surface area (Å²) in [7, 11) is 5.04. The lowest BCUT2D eigenvalue weighted by Crippen LogP contribution is -2.28. The minimum Gasteiger partial charge on any atom is -0.497 e. The standard InChI is InChI=1S/C25H26N4O4S/c1-28(15-19-8-4-5-12-22(19)32-3)23(30)17-34-25-27-26-24(18-9-6-10-20(14-18)31-2)29(25)16-21-11-7-13-33-21/h4-14H,15-17H2,1-3H3. The fourth-order valence-corrected chi connectivity index (χ4v) is 4.36. The van der Waals surface area contributed by atoms with Crippen LogP contribution in [0.4, 0.5) is 0 Å². The Labute approximate surface area is 202 Å². The molecule has 0 aliphatic carbocycles. The Morgan fingerprint density at radius 1 is 1.06 bits per heavy atom. The van der Waals surface area contributed by atoms with Crippen molar-refractivity contribution in [1.82, 2.24) is 19.7 Å². The van der Waals surface area contributed by atoms with Gasteiger partial charge in [-0.05, 0) is 30.3 Å². The molecular formula is C25H26N4O4S. The number of furan rings is 1. The summed E-state index contributed by atoms with van der Waals surface area (Å²) in [6.07, 6.45) is 1.63. The third-order valence-electron chi connectivity index (χ3n) is 5.29. The molecule has 9 heteroatoms. The number of thioether (sulfide) groups is 1. The highest BCUT2D eigenvalue weighted by Crippen LogP contribution is 2.28. The largest absolute Gasteiger partial charge is 0.497 e. The number of para-hydroxylation sites is 1. The molecule has 34 heavy (non-hydrogen) atoms. The molecule has 0 unspecified atom stereocenters. The van der Waals surface area contributed by atoms with Crippen molar-refractivity contribution in [3.05, 3.63) is 78.3 Å². The van der Waals surface area contributed by atoms with E-state index in [2.05, 4.69) is 10.2 Å². The predicted molar refractivity (Wildman–Crippen MR) is 130 cm³/mol. The van der Waals surface area contributed by atoms with Gasteiger partial charge in [0, 0.05) is 24.7 Å². The van der Waals surface area contributed by atoms with Crippen molar-refractivity contribution < 1.29 is 18.7 Å². The Hall–Kier alpha value is -3.72. The number of hydrogen-bond acceptors (Lipinski definition) is 7. The SMILES string of the molecule is COc1cccc(-c2nnc(SCC(=O)N(C)Cc3ccccc3OC)n2Cc2ccco2)c1. The van der Waals surface area contributed by atoms with Crippen LogP contribution in [0.25, 0.3) is 11.4 Å². The van der Waals surface area contributed by atoms with Crippen molar-refractivity contribution in [2.75, 3.05) is 27.0 Å². The molecule has 1 amide bonds. The second-order valence-corrected chi connectivity index (χ2v) is 8.50. The van der Waals surface area contributed by atoms with Gasteiger partial charge >= 0.3 is 0 Å². The van der Waals surface area contributed by atoms with E-state index >= 15 is 0 Å². The highest BCUT2D eigenvalue weighted by atomic mass is 32.2. The molecule has 0 aliphatic heterocycles. The quantitative estimate of drug-likeness (QED) is 0.313. The summed E-state index contributed by atoms with van der Waals surface area (Å²) in [5, 5.41) is 9.42. The third kappa shape index (κ3) is 5.43. The summed E-state index contributed by atoms with van der Waals surface area (Å²) in [6.45, 7) is 0.900. The van der Waals surface area contributed by atoms with Gasteiger partial charge in [-0.15, -0.1) is 10.2 Å². The molecule has 0 atom stereocenters. The molecule has 0 saturated carbocycles. The Morgan fingerprint density at radius 3 is 2.68 bits per heavy atom. The first-order valence-corrected chi connectivity index (χ1v) is 11.7. The summed E-state index contributed by atoms with van der Waals surface area (Å²) in [5.41, 5.74) is 1.82. The molecule has 0 aliphatic rings. The summed E-state index contributed by atoms with van der Waals surface area (Å²) in [4.78, 5) is 14.6. The Bertz CT molecular complexity index is 1240. The van der Waals surface area contributed by atoms with Gasteiger partial charge in [-0.25, -0.2) is 0 Å². The fraction of sp³-hybridized carbons (Fsp3) is 0.240. The summed E-state index contributed by atoms with van der Waals surface area (Å²) in [6, 6.07) is 19.1. The van der Waals surface area contributed by atoms with E-state index in [0.717, 1.165) is 28.4 Å². The van der Waals surface area contributed by atoms with Gasteiger partial charge in [-0.2, -0.15) is 0 Å². The molecule has 0 spiro atoms. The van der Waals surface area contributed by atoms with E-state index < -0.39 is 0 Å². The van der Waals surface area contributed by atoms with E-state index in [-0.39, 0.29) is 11.7 Å². The van der Waals surface area contributed by atoms with E-state index in [4.69, 9.17) is 13.9 Å². The van der Waals surface area contributed by atoms with Crippen LogP contribution in [0.1, 0.15) is 11.3 Å². The Kier molecular flexibility index (Phi) is 7.54. The van der Waals surface area contributed by atoms with Crippen LogP contribution in [0.5, 0.6) is 11.5 Å². The zero-order valence-electron chi connectivity index (χ0n) is 19.3. The Morgan fingerprint density at radius 2 is 1.91 bits per heavy atom. The first kappa shape index (κ1) is 23.4. The molecule has 4 rings (SSSR count). The molecule has 0 N–H and O–H groups in total. The van der Waals surface area contributed by atoms with Crippen molar-refractivity contribution in [2.45, 2.75) is 18.2 Å². The number of carbonyl (C=O) groups excluding carboxylic acids is 1. The topological polar surface area (TPSA) is 82.6 Å². The second-order valence-electron chi connectivity index (χ2n) is 7.55. The normalized spacial score (nSPS) is 10.8. The number of nitrogens with zero attached hydrogens (tertiary/aromatic N) is 4. The van der Waals surface area contributed by atoms with Crippen LogP contribution in [0.2, 0.25) is 0 Å². The van der Waals surface area contributed by atoms with Crippen molar-refractivity contribution in [3.63, 3.8) is 0 Å². The van der Waals surface area contributed by atoms with E-state index in [0.29, 0.717) is 24.1 Å². The van der Waals surface area contributed by atoms with Gasteiger partial charge in [-0.3, -0.25) is 9.36 Å². The summed E-state index contributed by atoms with van der Waals surface area (Å²) >= 11 is 1.35. The van der Waals surface area contributed by atoms with Gasteiger partial charge in [0.25, 0.3) is 0 Å². The van der Waals surface area contributed by atoms with Gasteiger partial charge in [0.2, 0.25) is 5.91 Å². The predicted octanol–water partition coefficient (Wildman–Crippen LogP) is 4.35. The van der Waals surface area contributed by atoms with Crippen LogP contribution in [0.3, 0.4) is 0 Å². The van der Waals surface area contributed by atoms with Crippen molar-refractivity contribution in [1.29, 1.82) is 0 Å². The lowest BCUT2D eigenvalue weighted by atomic mass is 10.2. The van der Waals surface area contributed by atoms with Crippen LogP contribution in [0, 0.1) is 0 Å². The lowest BCUT2D eigenvalue weighted by Gasteiger charge is -2.18. The number of rotatable bonds is 10. The van der Waals surface area contributed by atoms with E-state index in [9.17, 15) is 4.79 Å². The van der Waals surface area contributed by atoms with Crippen molar-refractivity contribution in [3.8, 4) is 22.9 Å². The van der Waals surface area contributed by atoms with Crippen LogP contribution in [0.15, 0.2) is 76.5 Å². The minimum absolute atomic E-state index is 0.0219. The van der Waals surface area contributed by atoms with Gasteiger partial charge in [0.15, 0.2) is 11.0 Å². The highest BCUT2D eigenvalue weighted by Gasteiger charge is 2.19. The molecule has 0 fully saturated rings.